The third kappa shape index (κ3) is 4.82. The van der Waals surface area contributed by atoms with Gasteiger partial charge in [-0.25, -0.2) is 0 Å². The van der Waals surface area contributed by atoms with E-state index in [0.29, 0.717) is 4.48 Å². The molecule has 0 fully saturated rings. The minimum Gasteiger partial charge on any atom is -0.344 e. The second-order valence-electron chi connectivity index (χ2n) is 3.13. The predicted molar refractivity (Wildman–Crippen MR) is 39.3 cm³/mol. The van der Waals surface area contributed by atoms with Crippen LogP contribution in [0.5, 0.6) is 0 Å². The summed E-state index contributed by atoms with van der Waals surface area (Å²) < 4.78 is 0.429. The van der Waals surface area contributed by atoms with Gasteiger partial charge in [-0.3, -0.25) is 4.79 Å². The van der Waals surface area contributed by atoms with Crippen LogP contribution in [0.15, 0.2) is 0 Å². The highest BCUT2D eigenvalue weighted by atomic mass is 31.2. The Morgan fingerprint density at radius 3 is 1.90 bits per heavy atom. The van der Waals surface area contributed by atoms with Crippen molar-refractivity contribution >= 4 is 13.9 Å². The molecule has 2 N–H and O–H groups in total. The van der Waals surface area contributed by atoms with Gasteiger partial charge in [0.2, 0.25) is 8.38 Å². The van der Waals surface area contributed by atoms with Crippen molar-refractivity contribution in [2.24, 2.45) is 0 Å². The minimum absolute atomic E-state index is 0.165. The fourth-order valence-corrected chi connectivity index (χ4v) is 1.02. The van der Waals surface area contributed by atoms with Crippen molar-refractivity contribution in [3.8, 4) is 0 Å². The van der Waals surface area contributed by atoms with E-state index in [1.165, 1.54) is 0 Å². The Kier molecular flexibility index (Phi) is 3.39. The Hall–Kier alpha value is -0.0200. The van der Waals surface area contributed by atoms with Gasteiger partial charge in [0.05, 0.1) is 21.1 Å². The molecule has 4 nitrogen and oxygen atoms in total. The fraction of sp³-hybridized carbons (Fsp3) is 0.800. The quantitative estimate of drug-likeness (QED) is 0.439. The summed E-state index contributed by atoms with van der Waals surface area (Å²) in [6.07, 6.45) is 0. The van der Waals surface area contributed by atoms with Gasteiger partial charge in [-0.15, -0.1) is 0 Å². The Labute approximate surface area is 61.6 Å². The van der Waals surface area contributed by atoms with E-state index in [0.717, 1.165) is 0 Å². The first-order valence-corrected chi connectivity index (χ1v) is 4.09. The lowest BCUT2D eigenvalue weighted by atomic mass is 10.5. The maximum atomic E-state index is 10.7. The monoisotopic (exact) mass is 166 g/mol. The standard InChI is InChI=1S/C5H13NO3P/c1-6(2,3)4-5(7)10(8)9/h8-9H,4H2,1-3H3/q+1. The number of hydrogen-bond acceptors (Lipinski definition) is 3. The molecule has 0 spiro atoms. The number of rotatable bonds is 3. The lowest BCUT2D eigenvalue weighted by molar-refractivity contribution is -0.861. The van der Waals surface area contributed by atoms with Gasteiger partial charge in [0, 0.05) is 0 Å². The molecule has 0 unspecified atom stereocenters. The fourth-order valence-electron chi connectivity index (χ4n) is 0.469. The highest BCUT2D eigenvalue weighted by Crippen LogP contribution is 2.24. The van der Waals surface area contributed by atoms with Crippen LogP contribution in [-0.2, 0) is 4.79 Å². The van der Waals surface area contributed by atoms with E-state index in [9.17, 15) is 4.79 Å². The molecule has 0 saturated heterocycles. The highest BCUT2D eigenvalue weighted by molar-refractivity contribution is 7.64. The number of likely N-dealkylation sites (N-methyl/N-ethyl adjacent to an activating group) is 1. The summed E-state index contributed by atoms with van der Waals surface area (Å²) in [6.45, 7) is 0.165. The third-order valence-corrected chi connectivity index (χ3v) is 1.42. The van der Waals surface area contributed by atoms with Crippen molar-refractivity contribution in [3.63, 3.8) is 0 Å². The van der Waals surface area contributed by atoms with Gasteiger partial charge in [-0.2, -0.15) is 0 Å². The summed E-state index contributed by atoms with van der Waals surface area (Å²) >= 11 is 0. The number of quaternary nitrogens is 1. The molecule has 0 saturated carbocycles. The zero-order valence-corrected chi connectivity index (χ0v) is 7.30. The van der Waals surface area contributed by atoms with Gasteiger partial charge in [-0.05, 0) is 0 Å². The minimum atomic E-state index is -2.38. The van der Waals surface area contributed by atoms with Crippen LogP contribution in [-0.4, -0.2) is 47.5 Å². The first-order valence-electron chi connectivity index (χ1n) is 2.84. The summed E-state index contributed by atoms with van der Waals surface area (Å²) in [7, 11) is 3.07. The van der Waals surface area contributed by atoms with E-state index in [4.69, 9.17) is 9.79 Å². The van der Waals surface area contributed by atoms with Crippen molar-refractivity contribution in [1.82, 2.24) is 0 Å². The molecule has 0 aliphatic carbocycles. The zero-order valence-electron chi connectivity index (χ0n) is 6.40. The molecule has 0 bridgehead atoms. The molecule has 60 valence electrons. The van der Waals surface area contributed by atoms with Gasteiger partial charge in [0.25, 0.3) is 5.52 Å². The highest BCUT2D eigenvalue weighted by Gasteiger charge is 2.20. The molecule has 0 rings (SSSR count). The Morgan fingerprint density at radius 2 is 1.80 bits per heavy atom. The lowest BCUT2D eigenvalue weighted by Crippen LogP contribution is -2.38. The molecule has 0 heterocycles. The van der Waals surface area contributed by atoms with Crippen LogP contribution in [0.1, 0.15) is 0 Å². The van der Waals surface area contributed by atoms with Crippen LogP contribution in [0.3, 0.4) is 0 Å². The van der Waals surface area contributed by atoms with Crippen molar-refractivity contribution in [3.05, 3.63) is 0 Å². The maximum Gasteiger partial charge on any atom is 0.263 e. The second-order valence-corrected chi connectivity index (χ2v) is 4.21. The van der Waals surface area contributed by atoms with Crippen LogP contribution < -0.4 is 0 Å². The largest absolute Gasteiger partial charge is 0.344 e. The van der Waals surface area contributed by atoms with Gasteiger partial charge >= 0.3 is 0 Å². The average Bonchev–Trinajstić information content (AvgIpc) is 1.60. The number of carbonyl (C=O) groups is 1. The molecule has 0 aliphatic heterocycles. The Balaban J connectivity index is 3.81. The van der Waals surface area contributed by atoms with Crippen molar-refractivity contribution < 1.29 is 19.1 Å². The number of nitrogens with zero attached hydrogens (tertiary/aromatic N) is 1. The van der Waals surface area contributed by atoms with Crippen LogP contribution in [0.4, 0.5) is 0 Å². The first-order chi connectivity index (χ1) is 4.33. The van der Waals surface area contributed by atoms with Gasteiger partial charge in [0.1, 0.15) is 6.54 Å². The molecular formula is C5H13NO3P+. The normalized spacial score (nSPS) is 12.2. The molecule has 0 aromatic rings. The van der Waals surface area contributed by atoms with E-state index >= 15 is 0 Å². The molecular weight excluding hydrogens is 153 g/mol. The SMILES string of the molecule is C[N+](C)(C)CC(=O)P(O)O. The molecule has 0 amide bonds. The van der Waals surface area contributed by atoms with Gasteiger partial charge < -0.3 is 14.3 Å². The van der Waals surface area contributed by atoms with Crippen LogP contribution in [0.2, 0.25) is 0 Å². The molecule has 0 aliphatic rings. The molecule has 0 radical (unpaired) electrons. The average molecular weight is 166 g/mol. The van der Waals surface area contributed by atoms with E-state index < -0.39 is 13.9 Å². The van der Waals surface area contributed by atoms with Crippen LogP contribution >= 0.6 is 8.38 Å². The zero-order chi connectivity index (χ0) is 8.36. The van der Waals surface area contributed by atoms with Gasteiger partial charge in [-0.1, -0.05) is 0 Å². The van der Waals surface area contributed by atoms with Crippen molar-refractivity contribution in [1.29, 1.82) is 0 Å². The van der Waals surface area contributed by atoms with Crippen LogP contribution in [0, 0.1) is 0 Å². The summed E-state index contributed by atoms with van der Waals surface area (Å²) in [5, 5.41) is 0. The van der Waals surface area contributed by atoms with Crippen LogP contribution in [0.25, 0.3) is 0 Å². The molecule has 5 heteroatoms. The molecule has 0 atom stereocenters. The van der Waals surface area contributed by atoms with E-state index in [1.807, 2.05) is 21.1 Å². The molecule has 10 heavy (non-hydrogen) atoms. The summed E-state index contributed by atoms with van der Waals surface area (Å²) in [5.41, 5.74) is -0.484. The van der Waals surface area contributed by atoms with E-state index in [1.54, 1.807) is 0 Å². The number of hydrogen-bond donors (Lipinski definition) is 2. The predicted octanol–water partition coefficient (Wildman–Crippen LogP) is -0.484. The van der Waals surface area contributed by atoms with Crippen molar-refractivity contribution in [2.75, 3.05) is 27.7 Å². The van der Waals surface area contributed by atoms with E-state index in [-0.39, 0.29) is 6.54 Å². The summed E-state index contributed by atoms with van der Waals surface area (Å²) in [5.74, 6) is 0. The lowest BCUT2D eigenvalue weighted by Gasteiger charge is -2.22. The van der Waals surface area contributed by atoms with Gasteiger partial charge in [0.15, 0.2) is 0 Å². The Morgan fingerprint density at radius 1 is 1.40 bits per heavy atom. The maximum absolute atomic E-state index is 10.7. The summed E-state index contributed by atoms with van der Waals surface area (Å²) in [4.78, 5) is 27.6. The molecule has 0 aromatic heterocycles. The summed E-state index contributed by atoms with van der Waals surface area (Å²) in [6, 6.07) is 0. The first kappa shape index (κ1) is 9.98. The second kappa shape index (κ2) is 3.39. The topological polar surface area (TPSA) is 57.5 Å². The third-order valence-electron chi connectivity index (χ3n) is 0.833. The van der Waals surface area contributed by atoms with E-state index in [2.05, 4.69) is 0 Å². The smallest absolute Gasteiger partial charge is 0.263 e. The molecule has 0 aromatic carbocycles. The number of carbonyl (C=O) groups excluding carboxylic acids is 1. The van der Waals surface area contributed by atoms with Crippen molar-refractivity contribution in [2.45, 2.75) is 0 Å². The Bertz CT molecular complexity index is 129.